The van der Waals surface area contributed by atoms with E-state index in [0.29, 0.717) is 38.0 Å². The highest BCUT2D eigenvalue weighted by atomic mass is 32.2. The Morgan fingerprint density at radius 1 is 1.16 bits per heavy atom. The van der Waals surface area contributed by atoms with Crippen LogP contribution in [0.3, 0.4) is 0 Å². The van der Waals surface area contributed by atoms with Crippen molar-refractivity contribution in [2.75, 3.05) is 23.3 Å². The maximum Gasteiger partial charge on any atom is 0.243 e. The van der Waals surface area contributed by atoms with Crippen LogP contribution in [0.15, 0.2) is 47.6 Å². The van der Waals surface area contributed by atoms with Gasteiger partial charge in [-0.3, -0.25) is 14.6 Å². The third-order valence-electron chi connectivity index (χ3n) is 6.00. The zero-order valence-corrected chi connectivity index (χ0v) is 18.4. The number of hydrogen-bond acceptors (Lipinski definition) is 5. The number of fused-ring (bicyclic) bond motifs is 1. The molecular formula is C22H26N4O4S. The van der Waals surface area contributed by atoms with Gasteiger partial charge in [-0.25, -0.2) is 8.42 Å². The van der Waals surface area contributed by atoms with E-state index in [1.54, 1.807) is 47.6 Å². The van der Waals surface area contributed by atoms with E-state index in [-0.39, 0.29) is 28.7 Å². The average molecular weight is 443 g/mol. The van der Waals surface area contributed by atoms with Crippen LogP contribution in [-0.2, 0) is 26.0 Å². The number of pyridine rings is 1. The van der Waals surface area contributed by atoms with E-state index in [1.807, 2.05) is 6.92 Å². The molecule has 0 spiro atoms. The Kier molecular flexibility index (Phi) is 5.81. The first kappa shape index (κ1) is 21.5. The average Bonchev–Trinajstić information content (AvgIpc) is 3.09. The van der Waals surface area contributed by atoms with Crippen LogP contribution in [0.5, 0.6) is 0 Å². The summed E-state index contributed by atoms with van der Waals surface area (Å²) in [7, 11) is -3.66. The van der Waals surface area contributed by atoms with Crippen molar-refractivity contribution in [2.45, 2.75) is 44.0 Å². The number of piperidine rings is 1. The topological polar surface area (TPSA) is 99.7 Å². The van der Waals surface area contributed by atoms with E-state index in [9.17, 15) is 18.0 Å². The third-order valence-corrected chi connectivity index (χ3v) is 7.89. The fraction of sp³-hybridized carbons (Fsp3) is 0.409. The second kappa shape index (κ2) is 8.39. The molecule has 1 aromatic heterocycles. The zero-order valence-electron chi connectivity index (χ0n) is 17.6. The molecule has 1 fully saturated rings. The van der Waals surface area contributed by atoms with Crippen LogP contribution < -0.4 is 10.2 Å². The van der Waals surface area contributed by atoms with Crippen LogP contribution in [-0.4, -0.2) is 48.7 Å². The highest BCUT2D eigenvalue weighted by Gasteiger charge is 2.34. The summed E-state index contributed by atoms with van der Waals surface area (Å²) in [5.41, 5.74) is 2.29. The van der Waals surface area contributed by atoms with Crippen LogP contribution >= 0.6 is 0 Å². The van der Waals surface area contributed by atoms with Crippen LogP contribution in [0, 0.1) is 5.92 Å². The number of amides is 2. The molecule has 2 aromatic rings. The van der Waals surface area contributed by atoms with E-state index in [0.717, 1.165) is 11.3 Å². The predicted octanol–water partition coefficient (Wildman–Crippen LogP) is 2.42. The maximum atomic E-state index is 13.2. The lowest BCUT2D eigenvalue weighted by Crippen LogP contribution is -2.41. The smallest absolute Gasteiger partial charge is 0.243 e. The molecule has 4 rings (SSSR count). The first-order valence-corrected chi connectivity index (χ1v) is 11.8. The first-order valence-electron chi connectivity index (χ1n) is 10.4. The Bertz CT molecular complexity index is 1100. The van der Waals surface area contributed by atoms with Gasteiger partial charge in [-0.2, -0.15) is 4.31 Å². The fourth-order valence-corrected chi connectivity index (χ4v) is 5.96. The lowest BCUT2D eigenvalue weighted by molar-refractivity contribution is -0.121. The van der Waals surface area contributed by atoms with Crippen molar-refractivity contribution < 1.29 is 18.0 Å². The Morgan fingerprint density at radius 2 is 1.90 bits per heavy atom. The number of sulfonamides is 1. The van der Waals surface area contributed by atoms with Gasteiger partial charge in [0.05, 0.1) is 16.8 Å². The normalized spacial score (nSPS) is 19.8. The standard InChI is InChI=1S/C22H26N4O4S/c1-15-12-18-13-20(5-6-21(18)26(15)16(2)27)31(29,30)25-10-7-17(8-11-25)22(28)24-19-4-3-9-23-14-19/h3-6,9,13-15,17H,7-8,10-12H2,1-2H3,(H,24,28). The first-order chi connectivity index (χ1) is 14.8. The van der Waals surface area contributed by atoms with E-state index in [2.05, 4.69) is 10.3 Å². The van der Waals surface area contributed by atoms with Gasteiger partial charge in [-0.05, 0) is 62.1 Å². The van der Waals surface area contributed by atoms with Gasteiger partial charge in [0.25, 0.3) is 0 Å². The number of nitrogens with one attached hydrogen (secondary N) is 1. The van der Waals surface area contributed by atoms with Gasteiger partial charge in [0.2, 0.25) is 21.8 Å². The van der Waals surface area contributed by atoms with Crippen LogP contribution in [0.4, 0.5) is 11.4 Å². The molecule has 2 aliphatic rings. The monoisotopic (exact) mass is 442 g/mol. The Balaban J connectivity index is 1.43. The van der Waals surface area contributed by atoms with Gasteiger partial charge in [-0.15, -0.1) is 0 Å². The molecule has 0 aliphatic carbocycles. The summed E-state index contributed by atoms with van der Waals surface area (Å²) in [5, 5.41) is 2.84. The van der Waals surface area contributed by atoms with Crippen molar-refractivity contribution in [3.8, 4) is 0 Å². The molecule has 3 heterocycles. The molecule has 2 amide bonds. The quantitative estimate of drug-likeness (QED) is 0.784. The summed E-state index contributed by atoms with van der Waals surface area (Å²) in [6.07, 6.45) is 4.78. The Labute approximate surface area is 182 Å². The van der Waals surface area contributed by atoms with Crippen molar-refractivity contribution in [3.63, 3.8) is 0 Å². The number of rotatable bonds is 4. The van der Waals surface area contributed by atoms with Crippen LogP contribution in [0.1, 0.15) is 32.3 Å². The Morgan fingerprint density at radius 3 is 2.55 bits per heavy atom. The minimum Gasteiger partial charge on any atom is -0.324 e. The molecule has 0 saturated carbocycles. The molecule has 31 heavy (non-hydrogen) atoms. The van der Waals surface area contributed by atoms with Crippen molar-refractivity contribution in [1.82, 2.24) is 9.29 Å². The van der Waals surface area contributed by atoms with Crippen LogP contribution in [0.2, 0.25) is 0 Å². The minimum absolute atomic E-state index is 0.0134. The molecule has 9 heteroatoms. The highest BCUT2D eigenvalue weighted by molar-refractivity contribution is 7.89. The number of carbonyl (C=O) groups excluding carboxylic acids is 2. The van der Waals surface area contributed by atoms with E-state index < -0.39 is 10.0 Å². The Hall–Kier alpha value is -2.78. The molecule has 2 aliphatic heterocycles. The van der Waals surface area contributed by atoms with Gasteiger partial charge in [0, 0.05) is 43.9 Å². The summed E-state index contributed by atoms with van der Waals surface area (Å²) < 4.78 is 27.8. The summed E-state index contributed by atoms with van der Waals surface area (Å²) in [6.45, 7) is 4.06. The number of hydrogen-bond donors (Lipinski definition) is 1. The second-order valence-corrected chi connectivity index (χ2v) is 10.1. The molecule has 8 nitrogen and oxygen atoms in total. The number of nitrogens with zero attached hydrogens (tertiary/aromatic N) is 3. The molecule has 1 unspecified atom stereocenters. The van der Waals surface area contributed by atoms with Crippen molar-refractivity contribution >= 4 is 33.2 Å². The second-order valence-electron chi connectivity index (χ2n) is 8.14. The zero-order chi connectivity index (χ0) is 22.2. The minimum atomic E-state index is -3.66. The molecule has 0 bridgehead atoms. The molecule has 164 valence electrons. The predicted molar refractivity (Wildman–Crippen MR) is 117 cm³/mol. The lowest BCUT2D eigenvalue weighted by Gasteiger charge is -2.30. The van der Waals surface area contributed by atoms with Crippen molar-refractivity contribution in [1.29, 1.82) is 0 Å². The summed E-state index contributed by atoms with van der Waals surface area (Å²) in [5.74, 6) is -0.397. The van der Waals surface area contributed by atoms with E-state index in [1.165, 1.54) is 11.2 Å². The molecule has 1 N–H and O–H groups in total. The molecule has 1 aromatic carbocycles. The molecule has 1 saturated heterocycles. The van der Waals surface area contributed by atoms with E-state index >= 15 is 0 Å². The van der Waals surface area contributed by atoms with Crippen molar-refractivity contribution in [3.05, 3.63) is 48.3 Å². The van der Waals surface area contributed by atoms with Crippen molar-refractivity contribution in [2.24, 2.45) is 5.92 Å². The van der Waals surface area contributed by atoms with E-state index in [4.69, 9.17) is 0 Å². The lowest BCUT2D eigenvalue weighted by atomic mass is 9.97. The van der Waals surface area contributed by atoms with Gasteiger partial charge in [0.1, 0.15) is 0 Å². The third kappa shape index (κ3) is 4.20. The number of benzene rings is 1. The number of carbonyl (C=O) groups is 2. The van der Waals surface area contributed by atoms with Gasteiger partial charge < -0.3 is 10.2 Å². The SMILES string of the molecule is CC(=O)N1c2ccc(S(=O)(=O)N3CCC(C(=O)Nc4cccnc4)CC3)cc2CC1C. The summed E-state index contributed by atoms with van der Waals surface area (Å²) >= 11 is 0. The number of aromatic nitrogens is 1. The van der Waals surface area contributed by atoms with Gasteiger partial charge in [0.15, 0.2) is 0 Å². The number of anilines is 2. The largest absolute Gasteiger partial charge is 0.324 e. The summed E-state index contributed by atoms with van der Waals surface area (Å²) in [4.78, 5) is 30.3. The molecular weight excluding hydrogens is 416 g/mol. The fourth-order valence-electron chi connectivity index (χ4n) is 4.44. The van der Waals surface area contributed by atoms with Crippen LogP contribution in [0.25, 0.3) is 0 Å². The van der Waals surface area contributed by atoms with Gasteiger partial charge >= 0.3 is 0 Å². The maximum absolute atomic E-state index is 13.2. The molecule has 1 atom stereocenters. The molecule has 0 radical (unpaired) electrons. The summed E-state index contributed by atoms with van der Waals surface area (Å²) in [6, 6.07) is 8.51. The van der Waals surface area contributed by atoms with Gasteiger partial charge in [-0.1, -0.05) is 0 Å². The highest BCUT2D eigenvalue weighted by Crippen LogP contribution is 2.35.